The van der Waals surface area contributed by atoms with Crippen molar-refractivity contribution in [3.63, 3.8) is 0 Å². The van der Waals surface area contributed by atoms with Crippen molar-refractivity contribution >= 4 is 10.0 Å². The third kappa shape index (κ3) is 11.8. The van der Waals surface area contributed by atoms with Gasteiger partial charge >= 0.3 is 0 Å². The Hall–Kier alpha value is -0.170. The summed E-state index contributed by atoms with van der Waals surface area (Å²) in [7, 11) is -3.40. The lowest BCUT2D eigenvalue weighted by Crippen LogP contribution is -2.34. The van der Waals surface area contributed by atoms with E-state index < -0.39 is 16.1 Å². The number of hydrogen-bond acceptors (Lipinski definition) is 4. The van der Waals surface area contributed by atoms with Gasteiger partial charge < -0.3 is 10.4 Å². The molecule has 0 rings (SSSR count). The van der Waals surface area contributed by atoms with Crippen LogP contribution in [0.5, 0.6) is 0 Å². The lowest BCUT2D eigenvalue weighted by molar-refractivity contribution is 0.120. The molecule has 0 saturated heterocycles. The van der Waals surface area contributed by atoms with Crippen LogP contribution >= 0.6 is 0 Å². The molecule has 6 heteroatoms. The molecule has 0 aromatic heterocycles. The SMILES string of the molecule is CC(C)(C)CC(O)CNCCS(N)(=O)=O. The highest BCUT2D eigenvalue weighted by atomic mass is 32.2. The molecule has 0 saturated carbocycles. The van der Waals surface area contributed by atoms with E-state index in [1.807, 2.05) is 20.8 Å². The van der Waals surface area contributed by atoms with Crippen molar-refractivity contribution in [2.45, 2.75) is 33.3 Å². The zero-order chi connectivity index (χ0) is 12.1. The quantitative estimate of drug-likeness (QED) is 0.552. The zero-order valence-electron chi connectivity index (χ0n) is 9.66. The minimum atomic E-state index is -3.40. The second-order valence-corrected chi connectivity index (χ2v) is 6.72. The number of primary sulfonamides is 1. The van der Waals surface area contributed by atoms with Crippen LogP contribution in [0.25, 0.3) is 0 Å². The Bertz CT molecular complexity index is 270. The second-order valence-electron chi connectivity index (χ2n) is 4.99. The van der Waals surface area contributed by atoms with Gasteiger partial charge in [0.05, 0.1) is 11.9 Å². The summed E-state index contributed by atoms with van der Waals surface area (Å²) in [6, 6.07) is 0. The third-order valence-corrected chi connectivity index (χ3v) is 2.56. The van der Waals surface area contributed by atoms with E-state index in [1.54, 1.807) is 0 Å². The predicted octanol–water partition coefficient (Wildman–Crippen LogP) is -0.338. The summed E-state index contributed by atoms with van der Waals surface area (Å²) in [5.74, 6) is -0.102. The Kier molecular flexibility index (Phi) is 5.72. The van der Waals surface area contributed by atoms with Crippen molar-refractivity contribution in [1.29, 1.82) is 0 Å². The molecule has 0 spiro atoms. The van der Waals surface area contributed by atoms with Crippen molar-refractivity contribution in [1.82, 2.24) is 5.32 Å². The normalized spacial score (nSPS) is 15.3. The monoisotopic (exact) mass is 238 g/mol. The van der Waals surface area contributed by atoms with Gasteiger partial charge in [-0.25, -0.2) is 13.6 Å². The van der Waals surface area contributed by atoms with Crippen LogP contribution in [0.2, 0.25) is 0 Å². The number of nitrogens with two attached hydrogens (primary N) is 1. The van der Waals surface area contributed by atoms with E-state index in [0.717, 1.165) is 0 Å². The maximum Gasteiger partial charge on any atom is 0.210 e. The Morgan fingerprint density at radius 1 is 1.40 bits per heavy atom. The van der Waals surface area contributed by atoms with Gasteiger partial charge in [-0.3, -0.25) is 0 Å². The molecule has 0 radical (unpaired) electrons. The van der Waals surface area contributed by atoms with Crippen LogP contribution in [0.1, 0.15) is 27.2 Å². The molecule has 0 aromatic carbocycles. The largest absolute Gasteiger partial charge is 0.392 e. The molecule has 0 aliphatic rings. The van der Waals surface area contributed by atoms with E-state index in [-0.39, 0.29) is 17.7 Å². The minimum absolute atomic E-state index is 0.0705. The molecular weight excluding hydrogens is 216 g/mol. The molecule has 0 amide bonds. The predicted molar refractivity (Wildman–Crippen MR) is 60.9 cm³/mol. The average Bonchev–Trinajstić information content (AvgIpc) is 1.92. The number of nitrogens with one attached hydrogen (secondary N) is 1. The fraction of sp³-hybridized carbons (Fsp3) is 1.00. The van der Waals surface area contributed by atoms with Gasteiger partial charge in [0.2, 0.25) is 10.0 Å². The summed E-state index contributed by atoms with van der Waals surface area (Å²) in [6.45, 7) is 6.80. The summed E-state index contributed by atoms with van der Waals surface area (Å²) in [4.78, 5) is 0. The first-order valence-corrected chi connectivity index (χ1v) is 6.71. The van der Waals surface area contributed by atoms with Gasteiger partial charge in [-0.2, -0.15) is 0 Å². The zero-order valence-corrected chi connectivity index (χ0v) is 10.5. The number of aliphatic hydroxyl groups is 1. The van der Waals surface area contributed by atoms with E-state index in [9.17, 15) is 13.5 Å². The fourth-order valence-corrected chi connectivity index (χ4v) is 1.69. The molecule has 0 aliphatic carbocycles. The van der Waals surface area contributed by atoms with E-state index in [2.05, 4.69) is 5.32 Å². The maximum atomic E-state index is 10.6. The van der Waals surface area contributed by atoms with Gasteiger partial charge in [0.25, 0.3) is 0 Å². The van der Waals surface area contributed by atoms with E-state index in [0.29, 0.717) is 13.0 Å². The molecule has 0 aliphatic heterocycles. The molecule has 0 heterocycles. The summed E-state index contributed by atoms with van der Waals surface area (Å²) < 4.78 is 21.2. The average molecular weight is 238 g/mol. The molecule has 0 bridgehead atoms. The number of aliphatic hydroxyl groups excluding tert-OH is 1. The summed E-state index contributed by atoms with van der Waals surface area (Å²) in [5, 5.41) is 17.2. The minimum Gasteiger partial charge on any atom is -0.392 e. The fourth-order valence-electron chi connectivity index (χ4n) is 1.26. The van der Waals surface area contributed by atoms with Crippen LogP contribution in [-0.4, -0.2) is 38.5 Å². The molecule has 0 aromatic rings. The smallest absolute Gasteiger partial charge is 0.210 e. The molecule has 0 fully saturated rings. The first kappa shape index (κ1) is 14.8. The van der Waals surface area contributed by atoms with Crippen LogP contribution in [0.3, 0.4) is 0 Å². The van der Waals surface area contributed by atoms with Gasteiger partial charge in [0, 0.05) is 13.1 Å². The van der Waals surface area contributed by atoms with Crippen molar-refractivity contribution < 1.29 is 13.5 Å². The molecule has 5 nitrogen and oxygen atoms in total. The number of sulfonamides is 1. The van der Waals surface area contributed by atoms with Crippen molar-refractivity contribution in [3.8, 4) is 0 Å². The van der Waals surface area contributed by atoms with Gasteiger partial charge in [-0.15, -0.1) is 0 Å². The van der Waals surface area contributed by atoms with E-state index >= 15 is 0 Å². The van der Waals surface area contributed by atoms with Crippen LogP contribution in [-0.2, 0) is 10.0 Å². The Morgan fingerprint density at radius 3 is 2.33 bits per heavy atom. The summed E-state index contributed by atoms with van der Waals surface area (Å²) in [5.41, 5.74) is 0.0705. The van der Waals surface area contributed by atoms with Gasteiger partial charge in [-0.05, 0) is 11.8 Å². The third-order valence-electron chi connectivity index (χ3n) is 1.79. The lowest BCUT2D eigenvalue weighted by Gasteiger charge is -2.22. The molecule has 4 N–H and O–H groups in total. The molecule has 1 unspecified atom stereocenters. The first-order chi connectivity index (χ1) is 6.60. The highest BCUT2D eigenvalue weighted by Crippen LogP contribution is 2.20. The second kappa shape index (κ2) is 5.79. The summed E-state index contributed by atoms with van der Waals surface area (Å²) in [6.07, 6.45) is 0.223. The van der Waals surface area contributed by atoms with Gasteiger partial charge in [0.15, 0.2) is 0 Å². The highest BCUT2D eigenvalue weighted by Gasteiger charge is 2.16. The van der Waals surface area contributed by atoms with Crippen LogP contribution in [0, 0.1) is 5.41 Å². The van der Waals surface area contributed by atoms with Gasteiger partial charge in [-0.1, -0.05) is 20.8 Å². The van der Waals surface area contributed by atoms with Crippen LogP contribution in [0.15, 0.2) is 0 Å². The molecular formula is C9H22N2O3S. The topological polar surface area (TPSA) is 92.4 Å². The van der Waals surface area contributed by atoms with Gasteiger partial charge in [0.1, 0.15) is 0 Å². The highest BCUT2D eigenvalue weighted by molar-refractivity contribution is 7.89. The molecule has 15 heavy (non-hydrogen) atoms. The molecule has 1 atom stereocenters. The Morgan fingerprint density at radius 2 is 1.93 bits per heavy atom. The first-order valence-electron chi connectivity index (χ1n) is 4.99. The summed E-state index contributed by atoms with van der Waals surface area (Å²) >= 11 is 0. The van der Waals surface area contributed by atoms with E-state index in [1.165, 1.54) is 0 Å². The standard InChI is InChI=1S/C9H22N2O3S/c1-9(2,3)6-8(12)7-11-4-5-15(10,13)14/h8,11-12H,4-7H2,1-3H3,(H2,10,13,14). The van der Waals surface area contributed by atoms with Crippen molar-refractivity contribution in [2.24, 2.45) is 10.6 Å². The van der Waals surface area contributed by atoms with Crippen molar-refractivity contribution in [3.05, 3.63) is 0 Å². The Balaban J connectivity index is 3.61. The van der Waals surface area contributed by atoms with E-state index in [4.69, 9.17) is 5.14 Å². The molecule has 92 valence electrons. The Labute approximate surface area is 92.1 Å². The van der Waals surface area contributed by atoms with Crippen LogP contribution < -0.4 is 10.5 Å². The number of rotatable bonds is 6. The number of hydrogen-bond donors (Lipinski definition) is 3. The van der Waals surface area contributed by atoms with Crippen LogP contribution in [0.4, 0.5) is 0 Å². The van der Waals surface area contributed by atoms with Crippen molar-refractivity contribution in [2.75, 3.05) is 18.8 Å². The lowest BCUT2D eigenvalue weighted by atomic mass is 9.89. The maximum absolute atomic E-state index is 10.6.